The van der Waals surface area contributed by atoms with Crippen LogP contribution in [0.15, 0.2) is 18.2 Å². The smallest absolute Gasteiger partial charge is 0.414 e. The molecule has 0 aliphatic carbocycles. The molecule has 1 aromatic carbocycles. The van der Waals surface area contributed by atoms with Crippen LogP contribution in [0.25, 0.3) is 0 Å². The minimum Gasteiger partial charge on any atom is -0.447 e. The van der Waals surface area contributed by atoms with Crippen molar-refractivity contribution >= 4 is 46.4 Å². The Balaban J connectivity index is 1.66. The summed E-state index contributed by atoms with van der Waals surface area (Å²) in [6.07, 6.45) is 0.0841. The van der Waals surface area contributed by atoms with Gasteiger partial charge in [-0.3, -0.25) is 14.5 Å². The Hall–Kier alpha value is -2.75. The number of anilines is 2. The van der Waals surface area contributed by atoms with Crippen LogP contribution in [-0.2, 0) is 14.3 Å². The van der Waals surface area contributed by atoms with E-state index < -0.39 is 11.9 Å². The minimum absolute atomic E-state index is 0.103. The van der Waals surface area contributed by atoms with Gasteiger partial charge in [0.05, 0.1) is 28.8 Å². The highest BCUT2D eigenvalue weighted by Gasteiger charge is 2.35. The van der Waals surface area contributed by atoms with Crippen LogP contribution in [0.2, 0.25) is 0 Å². The van der Waals surface area contributed by atoms with Gasteiger partial charge in [0, 0.05) is 32.7 Å². The summed E-state index contributed by atoms with van der Waals surface area (Å²) in [5.41, 5.74) is 0.838. The van der Waals surface area contributed by atoms with E-state index in [0.717, 1.165) is 0 Å². The number of cyclic esters (lactones) is 1. The summed E-state index contributed by atoms with van der Waals surface area (Å²) < 4.78 is 20.1. The summed E-state index contributed by atoms with van der Waals surface area (Å²) in [4.78, 5) is 41.0. The van der Waals surface area contributed by atoms with Gasteiger partial charge in [0.25, 0.3) is 0 Å². The highest BCUT2D eigenvalue weighted by Crippen LogP contribution is 2.29. The fraction of sp³-hybridized carbons (Fsp3) is 0.524. The predicted octanol–water partition coefficient (Wildman–Crippen LogP) is 2.11. The van der Waals surface area contributed by atoms with E-state index in [9.17, 15) is 18.8 Å². The molecule has 2 amide bonds. The van der Waals surface area contributed by atoms with E-state index >= 15 is 0 Å². The normalized spacial score (nSPS) is 18.7. The molecule has 2 aliphatic rings. The van der Waals surface area contributed by atoms with Crippen molar-refractivity contribution in [2.24, 2.45) is 0 Å². The Labute approximate surface area is 186 Å². The van der Waals surface area contributed by atoms with E-state index in [2.05, 4.69) is 5.32 Å². The van der Waals surface area contributed by atoms with Crippen LogP contribution < -0.4 is 15.1 Å². The lowest BCUT2D eigenvalue weighted by Crippen LogP contribution is -2.49. The van der Waals surface area contributed by atoms with Gasteiger partial charge in [0.1, 0.15) is 18.2 Å². The molecule has 168 valence electrons. The van der Waals surface area contributed by atoms with Gasteiger partial charge in [-0.1, -0.05) is 19.1 Å². The molecular formula is C21H27FN4O4S. The second-order valence-corrected chi connectivity index (χ2v) is 8.13. The number of piperazine rings is 1. The second kappa shape index (κ2) is 10.0. The van der Waals surface area contributed by atoms with Crippen molar-refractivity contribution in [2.75, 3.05) is 49.1 Å². The molecule has 31 heavy (non-hydrogen) atoms. The van der Waals surface area contributed by atoms with Crippen LogP contribution in [0.5, 0.6) is 0 Å². The van der Waals surface area contributed by atoms with Crippen molar-refractivity contribution in [1.82, 2.24) is 10.2 Å². The minimum atomic E-state index is -0.515. The topological polar surface area (TPSA) is 82.2 Å². The number of hydrogen-bond acceptors (Lipinski definition) is 6. The Morgan fingerprint density at radius 1 is 1.26 bits per heavy atom. The third-order valence-electron chi connectivity index (χ3n) is 5.40. The molecule has 1 aromatic rings. The molecule has 1 atom stereocenters. The number of thiocarbonyl (C=S) groups is 1. The van der Waals surface area contributed by atoms with Crippen molar-refractivity contribution in [3.05, 3.63) is 24.0 Å². The summed E-state index contributed by atoms with van der Waals surface area (Å²) >= 11 is 5.17. The fourth-order valence-electron chi connectivity index (χ4n) is 3.71. The predicted molar refractivity (Wildman–Crippen MR) is 119 cm³/mol. The first kappa shape index (κ1) is 22.9. The van der Waals surface area contributed by atoms with E-state index in [1.54, 1.807) is 17.0 Å². The molecule has 2 fully saturated rings. The largest absolute Gasteiger partial charge is 0.447 e. The first-order valence-corrected chi connectivity index (χ1v) is 10.7. The third-order valence-corrected chi connectivity index (χ3v) is 5.83. The van der Waals surface area contributed by atoms with E-state index in [1.807, 2.05) is 11.8 Å². The van der Waals surface area contributed by atoms with Gasteiger partial charge in [-0.2, -0.15) is 0 Å². The van der Waals surface area contributed by atoms with Crippen LogP contribution >= 0.6 is 12.2 Å². The van der Waals surface area contributed by atoms with Crippen LogP contribution in [0.1, 0.15) is 26.7 Å². The van der Waals surface area contributed by atoms with Crippen molar-refractivity contribution in [1.29, 1.82) is 0 Å². The Bertz CT molecular complexity index is 873. The van der Waals surface area contributed by atoms with Crippen LogP contribution in [0.4, 0.5) is 20.6 Å². The van der Waals surface area contributed by atoms with Crippen molar-refractivity contribution in [3.63, 3.8) is 0 Å². The Kier molecular flexibility index (Phi) is 7.42. The van der Waals surface area contributed by atoms with Crippen LogP contribution in [0.3, 0.4) is 0 Å². The molecule has 0 bridgehead atoms. The number of halogens is 1. The average Bonchev–Trinajstić information content (AvgIpc) is 3.11. The Morgan fingerprint density at radius 2 is 1.97 bits per heavy atom. The molecule has 8 nitrogen and oxygen atoms in total. The molecule has 2 heterocycles. The number of ether oxygens (including phenoxy) is 1. The zero-order chi connectivity index (χ0) is 22.5. The van der Waals surface area contributed by atoms with E-state index in [1.165, 1.54) is 17.9 Å². The maximum Gasteiger partial charge on any atom is 0.414 e. The quantitative estimate of drug-likeness (QED) is 0.503. The van der Waals surface area contributed by atoms with Gasteiger partial charge in [0.15, 0.2) is 0 Å². The number of nitrogens with one attached hydrogen (secondary N) is 1. The lowest BCUT2D eigenvalue weighted by Gasteiger charge is -2.36. The van der Waals surface area contributed by atoms with E-state index in [0.29, 0.717) is 55.5 Å². The number of Topliss-reactive ketones (excluding diaryl/α,β-unsaturated/α-hetero) is 1. The summed E-state index contributed by atoms with van der Waals surface area (Å²) in [7, 11) is 0. The van der Waals surface area contributed by atoms with E-state index in [-0.39, 0.29) is 30.8 Å². The molecule has 10 heteroatoms. The number of ketones is 1. The number of carbonyl (C=O) groups is 3. The molecule has 2 saturated heterocycles. The van der Waals surface area contributed by atoms with Crippen LogP contribution in [0, 0.1) is 5.82 Å². The van der Waals surface area contributed by atoms with Crippen molar-refractivity contribution in [3.8, 4) is 0 Å². The summed E-state index contributed by atoms with van der Waals surface area (Å²) in [5, 5.41) is 3.10. The second-order valence-electron chi connectivity index (χ2n) is 7.64. The van der Waals surface area contributed by atoms with E-state index in [4.69, 9.17) is 17.0 Å². The molecule has 0 saturated carbocycles. The Morgan fingerprint density at radius 3 is 2.58 bits per heavy atom. The van der Waals surface area contributed by atoms with Crippen LogP contribution in [-0.4, -0.2) is 73.0 Å². The number of amides is 2. The molecule has 0 spiro atoms. The lowest BCUT2D eigenvalue weighted by atomic mass is 10.1. The molecule has 1 unspecified atom stereocenters. The average molecular weight is 451 g/mol. The summed E-state index contributed by atoms with van der Waals surface area (Å²) in [5.74, 6) is -0.811. The summed E-state index contributed by atoms with van der Waals surface area (Å²) in [6.45, 7) is 5.75. The zero-order valence-electron chi connectivity index (χ0n) is 17.7. The molecular weight excluding hydrogens is 423 g/mol. The fourth-order valence-corrected chi connectivity index (χ4v) is 3.79. The maximum absolute atomic E-state index is 15.0. The standard InChI is InChI=1S/C21H27FN4O4S/c1-3-19(31)23-12-16-13-30-21(29)26(16)15-4-5-18(17(22)11-15)24-6-8-25(9-7-24)20(28)10-14(2)27/h4-5,11,16H,3,6-10,12-13H2,1-2H3,(H,23,31). The number of hydrogen-bond donors (Lipinski definition) is 1. The van der Waals surface area contributed by atoms with Gasteiger partial charge in [-0.05, 0) is 31.5 Å². The molecule has 1 N–H and O–H groups in total. The molecule has 3 rings (SSSR count). The first-order chi connectivity index (χ1) is 14.8. The number of carbonyl (C=O) groups excluding carboxylic acids is 3. The lowest BCUT2D eigenvalue weighted by molar-refractivity contribution is -0.135. The van der Waals surface area contributed by atoms with Gasteiger partial charge >= 0.3 is 6.09 Å². The molecule has 2 aliphatic heterocycles. The summed E-state index contributed by atoms with van der Waals surface area (Å²) in [6, 6.07) is 4.40. The molecule has 0 aromatic heterocycles. The molecule has 0 radical (unpaired) electrons. The highest BCUT2D eigenvalue weighted by molar-refractivity contribution is 7.80. The van der Waals surface area contributed by atoms with Gasteiger partial charge < -0.3 is 19.9 Å². The highest BCUT2D eigenvalue weighted by atomic mass is 32.1. The van der Waals surface area contributed by atoms with Gasteiger partial charge in [0.2, 0.25) is 5.91 Å². The zero-order valence-corrected chi connectivity index (χ0v) is 18.5. The van der Waals surface area contributed by atoms with Crippen molar-refractivity contribution < 1.29 is 23.5 Å². The third kappa shape index (κ3) is 5.49. The number of benzene rings is 1. The SMILES string of the molecule is CCC(=S)NCC1COC(=O)N1c1ccc(N2CCN(C(=O)CC(C)=O)CC2)c(F)c1. The monoisotopic (exact) mass is 450 g/mol. The number of nitrogens with zero attached hydrogens (tertiary/aromatic N) is 3. The van der Waals surface area contributed by atoms with Crippen molar-refractivity contribution in [2.45, 2.75) is 32.7 Å². The maximum atomic E-state index is 15.0. The number of rotatable bonds is 7. The van der Waals surface area contributed by atoms with Gasteiger partial charge in [-0.15, -0.1) is 0 Å². The first-order valence-electron chi connectivity index (χ1n) is 10.3. The van der Waals surface area contributed by atoms with Gasteiger partial charge in [-0.25, -0.2) is 9.18 Å².